The Morgan fingerprint density at radius 3 is 2.73 bits per heavy atom. The summed E-state index contributed by atoms with van der Waals surface area (Å²) in [4.78, 5) is 37.7. The fourth-order valence-corrected chi connectivity index (χ4v) is 2.53. The summed E-state index contributed by atoms with van der Waals surface area (Å²) in [5.41, 5.74) is 1.26. The van der Waals surface area contributed by atoms with Gasteiger partial charge in [0.1, 0.15) is 0 Å². The first-order valence-electron chi connectivity index (χ1n) is 8.12. The third-order valence-electron chi connectivity index (χ3n) is 3.97. The van der Waals surface area contributed by atoms with Gasteiger partial charge in [-0.1, -0.05) is 30.3 Å². The van der Waals surface area contributed by atoms with Gasteiger partial charge in [0.25, 0.3) is 5.56 Å². The van der Waals surface area contributed by atoms with Crippen molar-refractivity contribution in [1.29, 1.82) is 0 Å². The number of hydrogen-bond acceptors (Lipinski definition) is 4. The highest BCUT2D eigenvalue weighted by Crippen LogP contribution is 2.04. The first-order chi connectivity index (χ1) is 12.5. The van der Waals surface area contributed by atoms with Gasteiger partial charge in [-0.25, -0.2) is 4.79 Å². The molecule has 2 N–H and O–H groups in total. The number of nitrogens with one attached hydrogen (secondary N) is 2. The van der Waals surface area contributed by atoms with Crippen LogP contribution in [0.25, 0.3) is 0 Å². The first kappa shape index (κ1) is 17.4. The molecular formula is C18H19N5O3. The van der Waals surface area contributed by atoms with Crippen molar-refractivity contribution in [3.05, 3.63) is 86.5 Å². The zero-order valence-corrected chi connectivity index (χ0v) is 14.3. The highest BCUT2D eigenvalue weighted by atomic mass is 16.2. The predicted octanol–water partition coefficient (Wildman–Crippen LogP) is 0.177. The lowest BCUT2D eigenvalue weighted by molar-refractivity contribution is -0.120. The highest BCUT2D eigenvalue weighted by Gasteiger charge is 2.10. The monoisotopic (exact) mass is 353 g/mol. The first-order valence-corrected chi connectivity index (χ1v) is 8.12. The van der Waals surface area contributed by atoms with Crippen LogP contribution in [0.15, 0.2) is 58.5 Å². The molecule has 0 saturated heterocycles. The average molecular weight is 353 g/mol. The van der Waals surface area contributed by atoms with Crippen LogP contribution in [-0.2, 0) is 31.4 Å². The molecule has 2 aromatic heterocycles. The van der Waals surface area contributed by atoms with Crippen molar-refractivity contribution in [1.82, 2.24) is 24.6 Å². The van der Waals surface area contributed by atoms with Gasteiger partial charge in [-0.15, -0.1) is 0 Å². The van der Waals surface area contributed by atoms with Crippen molar-refractivity contribution >= 4 is 5.91 Å². The Morgan fingerprint density at radius 1 is 1.19 bits per heavy atom. The largest absolute Gasteiger partial charge is 0.352 e. The minimum absolute atomic E-state index is 0.0956. The molecule has 134 valence electrons. The molecule has 0 saturated carbocycles. The second-order valence-electron chi connectivity index (χ2n) is 5.97. The molecule has 8 heteroatoms. The fourth-order valence-electron chi connectivity index (χ4n) is 2.53. The molecule has 0 unspecified atom stereocenters. The SMILES string of the molecule is Cn1c(=O)[nH]cc(CC(=O)NCc2cnn(Cc3ccccc3)c2)c1=O. The smallest absolute Gasteiger partial charge is 0.328 e. The molecule has 0 bridgehead atoms. The van der Waals surface area contributed by atoms with E-state index in [4.69, 9.17) is 0 Å². The second kappa shape index (κ2) is 7.64. The molecule has 0 fully saturated rings. The molecule has 2 heterocycles. The Labute approximate surface area is 149 Å². The number of carbonyl (C=O) groups excluding carboxylic acids is 1. The number of aromatic nitrogens is 4. The van der Waals surface area contributed by atoms with Gasteiger partial charge >= 0.3 is 5.69 Å². The maximum atomic E-state index is 12.1. The number of amides is 1. The second-order valence-corrected chi connectivity index (χ2v) is 5.97. The summed E-state index contributed by atoms with van der Waals surface area (Å²) in [6, 6.07) is 9.95. The van der Waals surface area contributed by atoms with Crippen LogP contribution >= 0.6 is 0 Å². The molecule has 0 aliphatic heterocycles. The van der Waals surface area contributed by atoms with Gasteiger partial charge in [-0.05, 0) is 5.56 Å². The zero-order chi connectivity index (χ0) is 18.5. The summed E-state index contributed by atoms with van der Waals surface area (Å²) in [6.07, 6.45) is 4.75. The lowest BCUT2D eigenvalue weighted by atomic mass is 10.2. The Hall–Kier alpha value is -3.42. The Kier molecular flexibility index (Phi) is 5.12. The van der Waals surface area contributed by atoms with Crippen molar-refractivity contribution in [2.45, 2.75) is 19.5 Å². The molecule has 1 aromatic carbocycles. The zero-order valence-electron chi connectivity index (χ0n) is 14.3. The Morgan fingerprint density at radius 2 is 1.96 bits per heavy atom. The fraction of sp³-hybridized carbons (Fsp3) is 0.222. The lowest BCUT2D eigenvalue weighted by Crippen LogP contribution is -2.36. The minimum atomic E-state index is -0.509. The number of hydrogen-bond donors (Lipinski definition) is 2. The highest BCUT2D eigenvalue weighted by molar-refractivity contribution is 5.78. The summed E-state index contributed by atoms with van der Waals surface area (Å²) >= 11 is 0. The summed E-state index contributed by atoms with van der Waals surface area (Å²) < 4.78 is 2.74. The molecule has 3 rings (SSSR count). The Bertz CT molecular complexity index is 1020. The average Bonchev–Trinajstić information content (AvgIpc) is 3.09. The molecule has 8 nitrogen and oxygen atoms in total. The summed E-state index contributed by atoms with van der Waals surface area (Å²) in [7, 11) is 1.36. The van der Waals surface area contributed by atoms with Gasteiger partial charge in [0.05, 0.1) is 19.2 Å². The standard InChI is InChI=1S/C18H19N5O3/c1-22-17(25)15(10-20-18(22)26)7-16(24)19-8-14-9-21-23(12-14)11-13-5-3-2-4-6-13/h2-6,9-10,12H,7-8,11H2,1H3,(H,19,24)(H,20,26). The van der Waals surface area contributed by atoms with Crippen molar-refractivity contribution in [3.8, 4) is 0 Å². The molecule has 0 radical (unpaired) electrons. The normalized spacial score (nSPS) is 10.7. The molecular weight excluding hydrogens is 334 g/mol. The van der Waals surface area contributed by atoms with Crippen LogP contribution < -0.4 is 16.6 Å². The van der Waals surface area contributed by atoms with E-state index in [1.54, 1.807) is 10.9 Å². The van der Waals surface area contributed by atoms with E-state index >= 15 is 0 Å². The van der Waals surface area contributed by atoms with E-state index in [2.05, 4.69) is 15.4 Å². The predicted molar refractivity (Wildman–Crippen MR) is 95.6 cm³/mol. The number of aromatic amines is 1. The Balaban J connectivity index is 1.56. The quantitative estimate of drug-likeness (QED) is 0.660. The van der Waals surface area contributed by atoms with Crippen LogP contribution in [0.4, 0.5) is 0 Å². The molecule has 1 amide bonds. The molecule has 0 atom stereocenters. The number of carbonyl (C=O) groups is 1. The molecule has 0 aliphatic rings. The van der Waals surface area contributed by atoms with E-state index in [0.29, 0.717) is 13.1 Å². The van der Waals surface area contributed by atoms with Crippen LogP contribution in [0.3, 0.4) is 0 Å². The molecule has 0 aliphatic carbocycles. The van der Waals surface area contributed by atoms with E-state index in [1.807, 2.05) is 36.5 Å². The number of benzene rings is 1. The van der Waals surface area contributed by atoms with E-state index in [0.717, 1.165) is 15.7 Å². The van der Waals surface area contributed by atoms with Crippen molar-refractivity contribution in [2.24, 2.45) is 7.05 Å². The van der Waals surface area contributed by atoms with Crippen LogP contribution in [0.5, 0.6) is 0 Å². The van der Waals surface area contributed by atoms with Gasteiger partial charge in [0.15, 0.2) is 0 Å². The van der Waals surface area contributed by atoms with Crippen molar-refractivity contribution < 1.29 is 4.79 Å². The van der Waals surface area contributed by atoms with E-state index in [9.17, 15) is 14.4 Å². The summed E-state index contributed by atoms with van der Waals surface area (Å²) in [5, 5.41) is 7.03. The van der Waals surface area contributed by atoms with Gasteiger partial charge in [-0.3, -0.25) is 18.8 Å². The number of rotatable bonds is 6. The van der Waals surface area contributed by atoms with Crippen LogP contribution in [0.1, 0.15) is 16.7 Å². The van der Waals surface area contributed by atoms with E-state index in [1.165, 1.54) is 13.2 Å². The third-order valence-corrected chi connectivity index (χ3v) is 3.97. The molecule has 0 spiro atoms. The minimum Gasteiger partial charge on any atom is -0.352 e. The molecule has 26 heavy (non-hydrogen) atoms. The van der Waals surface area contributed by atoms with Crippen LogP contribution in [0.2, 0.25) is 0 Å². The van der Waals surface area contributed by atoms with Gasteiger partial charge in [0.2, 0.25) is 5.91 Å². The topological polar surface area (TPSA) is 102 Å². The summed E-state index contributed by atoms with van der Waals surface area (Å²) in [6.45, 7) is 0.972. The third kappa shape index (κ3) is 4.15. The van der Waals surface area contributed by atoms with Crippen LogP contribution in [-0.4, -0.2) is 25.2 Å². The maximum absolute atomic E-state index is 12.1. The summed E-state index contributed by atoms with van der Waals surface area (Å²) in [5.74, 6) is -0.301. The maximum Gasteiger partial charge on any atom is 0.328 e. The van der Waals surface area contributed by atoms with E-state index in [-0.39, 0.29) is 17.9 Å². The van der Waals surface area contributed by atoms with E-state index < -0.39 is 11.2 Å². The number of nitrogens with zero attached hydrogens (tertiary/aromatic N) is 3. The van der Waals surface area contributed by atoms with Gasteiger partial charge in [-0.2, -0.15) is 5.10 Å². The van der Waals surface area contributed by atoms with Crippen molar-refractivity contribution in [2.75, 3.05) is 0 Å². The molecule has 3 aromatic rings. The van der Waals surface area contributed by atoms with Crippen LogP contribution in [0, 0.1) is 0 Å². The van der Waals surface area contributed by atoms with Gasteiger partial charge < -0.3 is 10.3 Å². The lowest BCUT2D eigenvalue weighted by Gasteiger charge is -2.04. The number of H-pyrrole nitrogens is 1. The van der Waals surface area contributed by atoms with Crippen molar-refractivity contribution in [3.63, 3.8) is 0 Å². The van der Waals surface area contributed by atoms with Gasteiger partial charge in [0, 0.05) is 37.1 Å².